The van der Waals surface area contributed by atoms with Gasteiger partial charge < -0.3 is 5.32 Å². The third kappa shape index (κ3) is 4.58. The molecule has 23 heavy (non-hydrogen) atoms. The van der Waals surface area contributed by atoms with Crippen molar-refractivity contribution in [2.24, 2.45) is 0 Å². The Morgan fingerprint density at radius 1 is 1.17 bits per heavy atom. The number of carbonyl (C=O) groups excluding carboxylic acids is 1. The Morgan fingerprint density at radius 3 is 2.48 bits per heavy atom. The van der Waals surface area contributed by atoms with Crippen LogP contribution in [-0.4, -0.2) is 32.0 Å². The highest BCUT2D eigenvalue weighted by Crippen LogP contribution is 2.18. The van der Waals surface area contributed by atoms with Crippen LogP contribution in [0.3, 0.4) is 0 Å². The molecule has 0 fully saturated rings. The molecule has 0 unspecified atom stereocenters. The van der Waals surface area contributed by atoms with E-state index in [1.165, 1.54) is 0 Å². The van der Waals surface area contributed by atoms with Gasteiger partial charge in [-0.2, -0.15) is 10.2 Å². The third-order valence-electron chi connectivity index (χ3n) is 3.82. The number of nitrogens with one attached hydrogen (secondary N) is 1. The van der Waals surface area contributed by atoms with Crippen LogP contribution in [0.15, 0.2) is 6.07 Å². The van der Waals surface area contributed by atoms with Crippen molar-refractivity contribution in [1.82, 2.24) is 24.9 Å². The van der Waals surface area contributed by atoms with Crippen molar-refractivity contribution in [1.29, 1.82) is 0 Å². The van der Waals surface area contributed by atoms with Gasteiger partial charge in [-0.05, 0) is 40.2 Å². The predicted molar refractivity (Wildman–Crippen MR) is 90.7 cm³/mol. The summed E-state index contributed by atoms with van der Waals surface area (Å²) in [6, 6.07) is 2.01. The molecule has 0 radical (unpaired) electrons. The van der Waals surface area contributed by atoms with Crippen LogP contribution in [0, 0.1) is 27.7 Å². The second-order valence-corrected chi connectivity index (χ2v) is 6.19. The average molecular weight is 338 g/mol. The molecule has 1 N–H and O–H groups in total. The number of amides is 1. The van der Waals surface area contributed by atoms with Crippen molar-refractivity contribution in [3.8, 4) is 0 Å². The Kier molecular flexibility index (Phi) is 5.82. The van der Waals surface area contributed by atoms with Crippen molar-refractivity contribution in [2.45, 2.75) is 53.6 Å². The van der Waals surface area contributed by atoms with E-state index in [0.29, 0.717) is 19.5 Å². The maximum absolute atomic E-state index is 11.9. The van der Waals surface area contributed by atoms with E-state index < -0.39 is 0 Å². The van der Waals surface area contributed by atoms with Crippen molar-refractivity contribution in [3.63, 3.8) is 0 Å². The molecule has 2 rings (SSSR count). The van der Waals surface area contributed by atoms with Crippen molar-refractivity contribution in [3.05, 3.63) is 33.9 Å². The fourth-order valence-electron chi connectivity index (χ4n) is 2.55. The van der Waals surface area contributed by atoms with E-state index in [1.807, 2.05) is 43.1 Å². The molecule has 0 aliphatic carbocycles. The maximum Gasteiger partial charge on any atom is 0.221 e. The zero-order valence-corrected chi connectivity index (χ0v) is 14.9. The molecule has 0 aliphatic heterocycles. The molecule has 0 aliphatic rings. The zero-order chi connectivity index (χ0) is 17.0. The van der Waals surface area contributed by atoms with Gasteiger partial charge in [0.05, 0.1) is 22.1 Å². The van der Waals surface area contributed by atoms with Crippen molar-refractivity contribution < 1.29 is 4.79 Å². The van der Waals surface area contributed by atoms with Crippen LogP contribution in [-0.2, 0) is 17.9 Å². The molecule has 126 valence electrons. The second kappa shape index (κ2) is 7.64. The standard InChI is InChI=1S/C16H24ClN5O/c1-11-10-12(2)21(19-11)9-6-15(23)18-7-5-8-22-14(4)16(17)13(3)20-22/h10H,5-9H2,1-4H3,(H,18,23). The Balaban J connectivity index is 1.68. The first-order valence-corrected chi connectivity index (χ1v) is 8.23. The van der Waals surface area contributed by atoms with Crippen LogP contribution in [0.5, 0.6) is 0 Å². The minimum Gasteiger partial charge on any atom is -0.356 e. The molecule has 0 saturated carbocycles. The highest BCUT2D eigenvalue weighted by atomic mass is 35.5. The predicted octanol–water partition coefficient (Wildman–Crippen LogP) is 2.56. The van der Waals surface area contributed by atoms with Crippen LogP contribution in [0.1, 0.15) is 35.6 Å². The number of carbonyl (C=O) groups is 1. The summed E-state index contributed by atoms with van der Waals surface area (Å²) in [5, 5.41) is 12.4. The molecule has 0 spiro atoms. The van der Waals surface area contributed by atoms with Crippen LogP contribution in [0.25, 0.3) is 0 Å². The molecule has 0 aromatic carbocycles. The van der Waals surface area contributed by atoms with Gasteiger partial charge in [0.2, 0.25) is 5.91 Å². The van der Waals surface area contributed by atoms with Gasteiger partial charge in [-0.1, -0.05) is 11.6 Å². The lowest BCUT2D eigenvalue weighted by Gasteiger charge is -2.07. The molecule has 7 heteroatoms. The van der Waals surface area contributed by atoms with Crippen molar-refractivity contribution in [2.75, 3.05) is 6.54 Å². The summed E-state index contributed by atoms with van der Waals surface area (Å²) in [7, 11) is 0. The van der Waals surface area contributed by atoms with Gasteiger partial charge in [0.1, 0.15) is 0 Å². The van der Waals surface area contributed by atoms with Crippen molar-refractivity contribution >= 4 is 17.5 Å². The van der Waals surface area contributed by atoms with Gasteiger partial charge in [0, 0.05) is 31.7 Å². The van der Waals surface area contributed by atoms with Gasteiger partial charge in [-0.15, -0.1) is 0 Å². The summed E-state index contributed by atoms with van der Waals surface area (Å²) in [5.74, 6) is 0.0453. The Labute approximate surface area is 141 Å². The lowest BCUT2D eigenvalue weighted by atomic mass is 10.3. The highest BCUT2D eigenvalue weighted by Gasteiger charge is 2.09. The highest BCUT2D eigenvalue weighted by molar-refractivity contribution is 6.31. The van der Waals surface area contributed by atoms with Gasteiger partial charge in [0.25, 0.3) is 0 Å². The number of halogens is 1. The lowest BCUT2D eigenvalue weighted by molar-refractivity contribution is -0.121. The first-order valence-electron chi connectivity index (χ1n) is 7.85. The van der Waals surface area contributed by atoms with E-state index in [9.17, 15) is 4.79 Å². The average Bonchev–Trinajstić information content (AvgIpc) is 2.95. The fraction of sp³-hybridized carbons (Fsp3) is 0.562. The molecular formula is C16H24ClN5O. The summed E-state index contributed by atoms with van der Waals surface area (Å²) in [6.45, 7) is 9.79. The van der Waals surface area contributed by atoms with E-state index in [0.717, 1.165) is 40.8 Å². The van der Waals surface area contributed by atoms with Gasteiger partial charge in [0.15, 0.2) is 0 Å². The first-order chi connectivity index (χ1) is 10.9. The lowest BCUT2D eigenvalue weighted by Crippen LogP contribution is -2.26. The Hall–Kier alpha value is -1.82. The maximum atomic E-state index is 11.9. The molecule has 2 aromatic rings. The Morgan fingerprint density at radius 2 is 1.91 bits per heavy atom. The summed E-state index contributed by atoms with van der Waals surface area (Å²) >= 11 is 6.11. The number of nitrogens with zero attached hydrogens (tertiary/aromatic N) is 4. The second-order valence-electron chi connectivity index (χ2n) is 5.81. The third-order valence-corrected chi connectivity index (χ3v) is 4.36. The van der Waals surface area contributed by atoms with E-state index in [-0.39, 0.29) is 5.91 Å². The molecule has 0 bridgehead atoms. The summed E-state index contributed by atoms with van der Waals surface area (Å²) in [6.07, 6.45) is 1.26. The van der Waals surface area contributed by atoms with Crippen LogP contribution >= 0.6 is 11.6 Å². The quantitative estimate of drug-likeness (QED) is 0.790. The first kappa shape index (κ1) is 17.5. The van der Waals surface area contributed by atoms with Crippen LogP contribution in [0.4, 0.5) is 0 Å². The molecule has 2 aromatic heterocycles. The monoisotopic (exact) mass is 337 g/mol. The number of hydrogen-bond acceptors (Lipinski definition) is 3. The zero-order valence-electron chi connectivity index (χ0n) is 14.2. The largest absolute Gasteiger partial charge is 0.356 e. The number of hydrogen-bond donors (Lipinski definition) is 1. The Bertz CT molecular complexity index is 689. The fourth-order valence-corrected chi connectivity index (χ4v) is 2.68. The SMILES string of the molecule is Cc1cc(C)n(CCC(=O)NCCCn2nc(C)c(Cl)c2C)n1. The van der Waals surface area contributed by atoms with E-state index >= 15 is 0 Å². The van der Waals surface area contributed by atoms with E-state index in [4.69, 9.17) is 11.6 Å². The molecule has 0 saturated heterocycles. The number of aromatic nitrogens is 4. The van der Waals surface area contributed by atoms with E-state index in [1.54, 1.807) is 0 Å². The molecule has 1 amide bonds. The minimum absolute atomic E-state index is 0.0453. The topological polar surface area (TPSA) is 64.7 Å². The smallest absolute Gasteiger partial charge is 0.221 e. The molecule has 6 nitrogen and oxygen atoms in total. The van der Waals surface area contributed by atoms with Gasteiger partial charge in [-0.25, -0.2) is 0 Å². The molecule has 0 atom stereocenters. The normalized spacial score (nSPS) is 11.0. The van der Waals surface area contributed by atoms with Gasteiger partial charge >= 0.3 is 0 Å². The molecular weight excluding hydrogens is 314 g/mol. The van der Waals surface area contributed by atoms with Crippen LogP contribution in [0.2, 0.25) is 5.02 Å². The van der Waals surface area contributed by atoms with E-state index in [2.05, 4.69) is 15.5 Å². The number of rotatable bonds is 7. The number of aryl methyl sites for hydroxylation is 5. The minimum atomic E-state index is 0.0453. The summed E-state index contributed by atoms with van der Waals surface area (Å²) < 4.78 is 3.76. The molecule has 2 heterocycles. The summed E-state index contributed by atoms with van der Waals surface area (Å²) in [4.78, 5) is 11.9. The van der Waals surface area contributed by atoms with Gasteiger partial charge in [-0.3, -0.25) is 14.2 Å². The summed E-state index contributed by atoms with van der Waals surface area (Å²) in [5.41, 5.74) is 3.88. The van der Waals surface area contributed by atoms with Crippen LogP contribution < -0.4 is 5.32 Å².